The van der Waals surface area contributed by atoms with E-state index in [4.69, 9.17) is 4.74 Å². The lowest BCUT2D eigenvalue weighted by Gasteiger charge is -2.14. The van der Waals surface area contributed by atoms with Crippen molar-refractivity contribution in [1.82, 2.24) is 0 Å². The molecule has 3 aromatic rings. The highest BCUT2D eigenvalue weighted by Crippen LogP contribution is 2.22. The number of nitrogens with one attached hydrogen (secondary N) is 1. The van der Waals surface area contributed by atoms with Gasteiger partial charge in [-0.3, -0.25) is 4.79 Å². The van der Waals surface area contributed by atoms with E-state index in [1.807, 2.05) is 0 Å². The van der Waals surface area contributed by atoms with Gasteiger partial charge < -0.3 is 15.2 Å². The van der Waals surface area contributed by atoms with Gasteiger partial charge in [-0.2, -0.15) is 0 Å². The number of phenolic OH excluding ortho intramolecular Hbond substituents is 1. The van der Waals surface area contributed by atoms with Crippen LogP contribution in [0, 0.1) is 11.6 Å². The van der Waals surface area contributed by atoms with E-state index in [1.165, 1.54) is 6.92 Å². The highest BCUT2D eigenvalue weighted by Gasteiger charge is 2.20. The summed E-state index contributed by atoms with van der Waals surface area (Å²) in [6.07, 6.45) is -1.22. The number of phenols is 1. The molecular weight excluding hydrogens is 380 g/mol. The number of amides is 1. The molecule has 3 rings (SSSR count). The third-order valence-electron chi connectivity index (χ3n) is 4.16. The van der Waals surface area contributed by atoms with E-state index in [2.05, 4.69) is 5.32 Å². The Kier molecular flexibility index (Phi) is 5.87. The van der Waals surface area contributed by atoms with Crippen molar-refractivity contribution in [3.05, 3.63) is 83.9 Å². The van der Waals surface area contributed by atoms with Gasteiger partial charge in [-0.1, -0.05) is 24.3 Å². The molecule has 0 aliphatic heterocycles. The molecule has 0 aliphatic rings. The van der Waals surface area contributed by atoms with Crippen molar-refractivity contribution in [2.45, 2.75) is 13.0 Å². The smallest absolute Gasteiger partial charge is 0.338 e. The first-order valence-corrected chi connectivity index (χ1v) is 8.70. The van der Waals surface area contributed by atoms with Crippen LogP contribution < -0.4 is 5.32 Å². The van der Waals surface area contributed by atoms with Crippen molar-refractivity contribution >= 4 is 17.6 Å². The van der Waals surface area contributed by atoms with Gasteiger partial charge in [-0.15, -0.1) is 0 Å². The SMILES string of the molecule is C[C@H](OC(=O)c1ccc(-c2ccc(O)cc2)cc1)C(=O)Nc1cc(F)ccc1F. The highest BCUT2D eigenvalue weighted by molar-refractivity contribution is 5.97. The lowest BCUT2D eigenvalue weighted by Crippen LogP contribution is -2.30. The Bertz CT molecular complexity index is 1030. The number of halogens is 2. The normalized spacial score (nSPS) is 11.6. The molecular formula is C22H17F2NO4. The first-order valence-electron chi connectivity index (χ1n) is 8.70. The number of aromatic hydroxyl groups is 1. The predicted molar refractivity (Wildman–Crippen MR) is 103 cm³/mol. The van der Waals surface area contributed by atoms with Crippen LogP contribution in [0.25, 0.3) is 11.1 Å². The Morgan fingerprint density at radius 1 is 0.931 bits per heavy atom. The number of carbonyl (C=O) groups is 2. The molecule has 0 bridgehead atoms. The third kappa shape index (κ3) is 4.95. The van der Waals surface area contributed by atoms with Crippen LogP contribution in [0.5, 0.6) is 5.75 Å². The molecule has 5 nitrogen and oxygen atoms in total. The van der Waals surface area contributed by atoms with Crippen LogP contribution in [-0.4, -0.2) is 23.1 Å². The van der Waals surface area contributed by atoms with E-state index < -0.39 is 29.6 Å². The fourth-order valence-electron chi connectivity index (χ4n) is 2.56. The van der Waals surface area contributed by atoms with E-state index in [9.17, 15) is 23.5 Å². The maximum absolute atomic E-state index is 13.6. The van der Waals surface area contributed by atoms with E-state index in [0.717, 1.165) is 29.3 Å². The molecule has 0 fully saturated rings. The second-order valence-corrected chi connectivity index (χ2v) is 6.29. The molecule has 0 aliphatic carbocycles. The molecule has 3 aromatic carbocycles. The fraction of sp³-hybridized carbons (Fsp3) is 0.0909. The van der Waals surface area contributed by atoms with Crippen molar-refractivity contribution in [2.75, 3.05) is 5.32 Å². The number of anilines is 1. The van der Waals surface area contributed by atoms with Gasteiger partial charge in [-0.05, 0) is 54.4 Å². The molecule has 2 N–H and O–H groups in total. The van der Waals surface area contributed by atoms with Gasteiger partial charge in [0.2, 0.25) is 0 Å². The lowest BCUT2D eigenvalue weighted by molar-refractivity contribution is -0.123. The molecule has 0 heterocycles. The zero-order chi connectivity index (χ0) is 21.0. The number of esters is 1. The molecule has 29 heavy (non-hydrogen) atoms. The number of benzene rings is 3. The molecule has 0 saturated heterocycles. The fourth-order valence-corrected chi connectivity index (χ4v) is 2.56. The van der Waals surface area contributed by atoms with E-state index in [1.54, 1.807) is 48.5 Å². The topological polar surface area (TPSA) is 75.6 Å². The first kappa shape index (κ1) is 20.0. The zero-order valence-corrected chi connectivity index (χ0v) is 15.4. The molecule has 1 amide bonds. The summed E-state index contributed by atoms with van der Waals surface area (Å²) in [6.45, 7) is 1.33. The van der Waals surface area contributed by atoms with Crippen LogP contribution in [-0.2, 0) is 9.53 Å². The largest absolute Gasteiger partial charge is 0.508 e. The van der Waals surface area contributed by atoms with E-state index in [0.29, 0.717) is 0 Å². The summed E-state index contributed by atoms with van der Waals surface area (Å²) in [6, 6.07) is 15.7. The summed E-state index contributed by atoms with van der Waals surface area (Å²) in [4.78, 5) is 24.4. The van der Waals surface area contributed by atoms with Crippen LogP contribution in [0.2, 0.25) is 0 Å². The van der Waals surface area contributed by atoms with Crippen molar-refractivity contribution in [1.29, 1.82) is 0 Å². The van der Waals surface area contributed by atoms with Crippen molar-refractivity contribution in [2.24, 2.45) is 0 Å². The molecule has 7 heteroatoms. The highest BCUT2D eigenvalue weighted by atomic mass is 19.1. The van der Waals surface area contributed by atoms with Gasteiger partial charge in [0.1, 0.15) is 17.4 Å². The van der Waals surface area contributed by atoms with Crippen LogP contribution in [0.1, 0.15) is 17.3 Å². The Balaban J connectivity index is 1.63. The monoisotopic (exact) mass is 397 g/mol. The second kappa shape index (κ2) is 8.52. The number of hydrogen-bond donors (Lipinski definition) is 2. The quantitative estimate of drug-likeness (QED) is 0.621. The molecule has 0 radical (unpaired) electrons. The summed E-state index contributed by atoms with van der Waals surface area (Å²) in [7, 11) is 0. The summed E-state index contributed by atoms with van der Waals surface area (Å²) >= 11 is 0. The van der Waals surface area contributed by atoms with Crippen LogP contribution in [0.3, 0.4) is 0 Å². The molecule has 0 aromatic heterocycles. The molecule has 1 atom stereocenters. The average molecular weight is 397 g/mol. The van der Waals surface area contributed by atoms with Gasteiger partial charge in [0.05, 0.1) is 11.3 Å². The summed E-state index contributed by atoms with van der Waals surface area (Å²) in [5, 5.41) is 11.5. The van der Waals surface area contributed by atoms with E-state index in [-0.39, 0.29) is 17.0 Å². The third-order valence-corrected chi connectivity index (χ3v) is 4.16. The van der Waals surface area contributed by atoms with Crippen LogP contribution in [0.4, 0.5) is 14.5 Å². The van der Waals surface area contributed by atoms with E-state index >= 15 is 0 Å². The van der Waals surface area contributed by atoms with Crippen molar-refractivity contribution < 1.29 is 28.2 Å². The number of hydrogen-bond acceptors (Lipinski definition) is 4. The lowest BCUT2D eigenvalue weighted by atomic mass is 10.0. The van der Waals surface area contributed by atoms with Gasteiger partial charge in [0.25, 0.3) is 5.91 Å². The van der Waals surface area contributed by atoms with Gasteiger partial charge in [-0.25, -0.2) is 13.6 Å². The average Bonchev–Trinajstić information content (AvgIpc) is 2.71. The standard InChI is InChI=1S/C22H17F2NO4/c1-13(21(27)25-20-12-17(23)8-11-19(20)24)29-22(28)16-4-2-14(3-5-16)15-6-9-18(26)10-7-15/h2-13,26H,1H3,(H,25,27)/t13-/m0/s1. The maximum atomic E-state index is 13.6. The minimum absolute atomic E-state index is 0.152. The Morgan fingerprint density at radius 3 is 2.14 bits per heavy atom. The van der Waals surface area contributed by atoms with Crippen LogP contribution in [0.15, 0.2) is 66.7 Å². The summed E-state index contributed by atoms with van der Waals surface area (Å²) in [5.74, 6) is -2.88. The Morgan fingerprint density at radius 2 is 1.52 bits per heavy atom. The Hall–Kier alpha value is -3.74. The predicted octanol–water partition coefficient (Wildman–Crippen LogP) is 4.52. The number of ether oxygens (including phenoxy) is 1. The molecule has 0 spiro atoms. The minimum Gasteiger partial charge on any atom is -0.508 e. The number of rotatable bonds is 5. The molecule has 0 unspecified atom stereocenters. The minimum atomic E-state index is -1.22. The first-order chi connectivity index (χ1) is 13.8. The zero-order valence-electron chi connectivity index (χ0n) is 15.4. The molecule has 0 saturated carbocycles. The second-order valence-electron chi connectivity index (χ2n) is 6.29. The van der Waals surface area contributed by atoms with Crippen molar-refractivity contribution in [3.8, 4) is 16.9 Å². The maximum Gasteiger partial charge on any atom is 0.338 e. The summed E-state index contributed by atoms with van der Waals surface area (Å²) < 4.78 is 31.9. The van der Waals surface area contributed by atoms with Crippen LogP contribution >= 0.6 is 0 Å². The summed E-state index contributed by atoms with van der Waals surface area (Å²) in [5.41, 5.74) is 1.57. The van der Waals surface area contributed by atoms with Gasteiger partial charge in [0, 0.05) is 6.07 Å². The Labute approximate surface area is 165 Å². The molecule has 148 valence electrons. The van der Waals surface area contributed by atoms with Gasteiger partial charge in [0.15, 0.2) is 6.10 Å². The number of carbonyl (C=O) groups excluding carboxylic acids is 2. The van der Waals surface area contributed by atoms with Crippen molar-refractivity contribution in [3.63, 3.8) is 0 Å². The van der Waals surface area contributed by atoms with Gasteiger partial charge >= 0.3 is 5.97 Å².